The van der Waals surface area contributed by atoms with E-state index in [0.717, 1.165) is 29.8 Å². The Bertz CT molecular complexity index is 1410. The van der Waals surface area contributed by atoms with Crippen LogP contribution in [0.2, 0.25) is 0 Å². The number of fused-ring (bicyclic) bond motifs is 5. The highest BCUT2D eigenvalue weighted by atomic mass is 19.1. The Labute approximate surface area is 179 Å². The van der Waals surface area contributed by atoms with Crippen LogP contribution >= 0.6 is 0 Å². The van der Waals surface area contributed by atoms with Gasteiger partial charge in [-0.25, -0.2) is 8.78 Å². The molecule has 2 aromatic heterocycles. The van der Waals surface area contributed by atoms with Crippen LogP contribution in [0.4, 0.5) is 8.78 Å². The number of benzene rings is 3. The van der Waals surface area contributed by atoms with E-state index in [2.05, 4.69) is 45.5 Å². The third-order valence-electron chi connectivity index (χ3n) is 6.28. The summed E-state index contributed by atoms with van der Waals surface area (Å²) in [6, 6.07) is 26.2. The van der Waals surface area contributed by atoms with Crippen molar-refractivity contribution in [1.82, 2.24) is 9.13 Å². The number of halogens is 2. The summed E-state index contributed by atoms with van der Waals surface area (Å²) < 4.78 is 31.6. The molecule has 1 aliphatic rings. The molecule has 0 bridgehead atoms. The molecule has 0 saturated carbocycles. The zero-order valence-electron chi connectivity index (χ0n) is 16.9. The fourth-order valence-corrected chi connectivity index (χ4v) is 4.87. The molecule has 1 aliphatic heterocycles. The summed E-state index contributed by atoms with van der Waals surface area (Å²) in [5, 5.41) is 1.27. The molecule has 4 heteroatoms. The summed E-state index contributed by atoms with van der Waals surface area (Å²) in [7, 11) is 0. The summed E-state index contributed by atoms with van der Waals surface area (Å²) in [5.74, 6) is -0.447. The number of hydrogen-bond acceptors (Lipinski definition) is 0. The molecule has 3 heterocycles. The van der Waals surface area contributed by atoms with Gasteiger partial charge < -0.3 is 9.13 Å². The maximum atomic E-state index is 13.4. The van der Waals surface area contributed by atoms with E-state index in [1.807, 2.05) is 24.3 Å². The second-order valence-corrected chi connectivity index (χ2v) is 8.07. The minimum absolute atomic E-state index is 0.221. The van der Waals surface area contributed by atoms with Crippen LogP contribution in [0.15, 0.2) is 84.9 Å². The van der Waals surface area contributed by atoms with Gasteiger partial charge in [-0.1, -0.05) is 30.3 Å². The Balaban J connectivity index is 1.55. The lowest BCUT2D eigenvalue weighted by atomic mass is 10.0. The van der Waals surface area contributed by atoms with Gasteiger partial charge in [0.1, 0.15) is 11.6 Å². The fraction of sp³-hybridized carbons (Fsp3) is 0.111. The monoisotopic (exact) mass is 410 g/mol. The fourth-order valence-electron chi connectivity index (χ4n) is 4.87. The number of aryl methyl sites for hydroxylation is 1. The normalized spacial score (nSPS) is 12.7. The summed E-state index contributed by atoms with van der Waals surface area (Å²) in [6.07, 6.45) is 0.933. The third kappa shape index (κ3) is 2.90. The van der Waals surface area contributed by atoms with E-state index >= 15 is 0 Å². The first-order valence-corrected chi connectivity index (χ1v) is 10.5. The molecule has 2 nitrogen and oxygen atoms in total. The largest absolute Gasteiger partial charge is 0.339 e. The predicted molar refractivity (Wildman–Crippen MR) is 120 cm³/mol. The highest BCUT2D eigenvalue weighted by molar-refractivity contribution is 5.92. The second kappa shape index (κ2) is 6.95. The smallest absolute Gasteiger partial charge is 0.123 e. The molecule has 5 aromatic rings. The van der Waals surface area contributed by atoms with Crippen molar-refractivity contribution in [3.05, 3.63) is 108 Å². The Hall–Kier alpha value is -3.66. The van der Waals surface area contributed by atoms with E-state index in [0.29, 0.717) is 6.54 Å². The zero-order valence-corrected chi connectivity index (χ0v) is 16.9. The molecule has 31 heavy (non-hydrogen) atoms. The molecule has 0 amide bonds. The predicted octanol–water partition coefficient (Wildman–Crippen LogP) is 6.66. The van der Waals surface area contributed by atoms with Crippen LogP contribution in [0.25, 0.3) is 33.5 Å². The summed E-state index contributed by atoms with van der Waals surface area (Å²) >= 11 is 0. The Morgan fingerprint density at radius 2 is 1.39 bits per heavy atom. The van der Waals surface area contributed by atoms with Crippen LogP contribution in [0.3, 0.4) is 0 Å². The first-order valence-electron chi connectivity index (χ1n) is 10.5. The van der Waals surface area contributed by atoms with Crippen molar-refractivity contribution in [2.45, 2.75) is 19.5 Å². The maximum Gasteiger partial charge on any atom is 0.123 e. The molecule has 0 radical (unpaired) electrons. The quantitative estimate of drug-likeness (QED) is 0.315. The zero-order chi connectivity index (χ0) is 20.9. The summed E-state index contributed by atoms with van der Waals surface area (Å²) in [5.41, 5.74) is 8.09. The van der Waals surface area contributed by atoms with Crippen molar-refractivity contribution in [2.75, 3.05) is 0 Å². The highest BCUT2D eigenvalue weighted by Crippen LogP contribution is 2.40. The lowest BCUT2D eigenvalue weighted by Gasteiger charge is -2.22. The summed E-state index contributed by atoms with van der Waals surface area (Å²) in [4.78, 5) is 0. The molecular weight excluding hydrogens is 390 g/mol. The topological polar surface area (TPSA) is 9.86 Å². The lowest BCUT2D eigenvalue weighted by molar-refractivity contribution is 0.626. The van der Waals surface area contributed by atoms with Crippen molar-refractivity contribution in [3.8, 4) is 22.6 Å². The standard InChI is InChI=1S/C27H20F2N2/c28-20-9-5-18(6-10-20)17-31-25-4-2-1-3-22(25)23-15-16-30-24(13-14-26(30)27(23)31)19-7-11-21(29)12-8-19/h1-14H,15-17H2. The van der Waals surface area contributed by atoms with Crippen LogP contribution in [-0.2, 0) is 19.5 Å². The average Bonchev–Trinajstić information content (AvgIpc) is 3.36. The number of nitrogens with zero attached hydrogens (tertiary/aromatic N) is 2. The van der Waals surface area contributed by atoms with Crippen LogP contribution in [0.1, 0.15) is 11.1 Å². The molecule has 152 valence electrons. The molecule has 0 atom stereocenters. The van der Waals surface area contributed by atoms with Gasteiger partial charge in [-0.2, -0.15) is 0 Å². The van der Waals surface area contributed by atoms with Crippen LogP contribution < -0.4 is 0 Å². The minimum atomic E-state index is -0.226. The molecule has 0 unspecified atom stereocenters. The Kier molecular flexibility index (Phi) is 4.06. The average molecular weight is 410 g/mol. The molecule has 0 saturated heterocycles. The van der Waals surface area contributed by atoms with Gasteiger partial charge in [-0.15, -0.1) is 0 Å². The molecule has 6 rings (SSSR count). The maximum absolute atomic E-state index is 13.4. The molecule has 0 fully saturated rings. The van der Waals surface area contributed by atoms with E-state index in [1.54, 1.807) is 0 Å². The Morgan fingerprint density at radius 3 is 2.16 bits per heavy atom. The van der Waals surface area contributed by atoms with Crippen LogP contribution in [-0.4, -0.2) is 9.13 Å². The molecule has 3 aromatic carbocycles. The van der Waals surface area contributed by atoms with Gasteiger partial charge in [0, 0.05) is 29.7 Å². The van der Waals surface area contributed by atoms with Crippen LogP contribution in [0.5, 0.6) is 0 Å². The molecule has 0 aliphatic carbocycles. The molecule has 0 spiro atoms. The molecular formula is C27H20F2N2. The van der Waals surface area contributed by atoms with Crippen molar-refractivity contribution < 1.29 is 8.78 Å². The van der Waals surface area contributed by atoms with Gasteiger partial charge in [0.05, 0.1) is 11.4 Å². The van der Waals surface area contributed by atoms with Gasteiger partial charge >= 0.3 is 0 Å². The van der Waals surface area contributed by atoms with Gasteiger partial charge in [-0.05, 0) is 77.7 Å². The summed E-state index contributed by atoms with van der Waals surface area (Å²) in [6.45, 7) is 1.56. The van der Waals surface area contributed by atoms with E-state index in [4.69, 9.17) is 0 Å². The van der Waals surface area contributed by atoms with Gasteiger partial charge in [0.2, 0.25) is 0 Å². The van der Waals surface area contributed by atoms with Crippen molar-refractivity contribution in [1.29, 1.82) is 0 Å². The minimum Gasteiger partial charge on any atom is -0.339 e. The van der Waals surface area contributed by atoms with E-state index in [1.165, 1.54) is 52.1 Å². The van der Waals surface area contributed by atoms with E-state index < -0.39 is 0 Å². The van der Waals surface area contributed by atoms with Gasteiger partial charge in [0.25, 0.3) is 0 Å². The number of para-hydroxylation sites is 1. The van der Waals surface area contributed by atoms with Gasteiger partial charge in [0.15, 0.2) is 0 Å². The SMILES string of the molecule is Fc1ccc(Cn2c3c(c4ccccc42)CCn2c(-c4ccc(F)cc4)ccc2-3)cc1. The van der Waals surface area contributed by atoms with Crippen molar-refractivity contribution in [2.24, 2.45) is 0 Å². The Morgan fingerprint density at radius 1 is 0.710 bits per heavy atom. The van der Waals surface area contributed by atoms with E-state index in [-0.39, 0.29) is 11.6 Å². The number of hydrogen-bond donors (Lipinski definition) is 0. The van der Waals surface area contributed by atoms with Crippen LogP contribution in [0, 0.1) is 11.6 Å². The highest BCUT2D eigenvalue weighted by Gasteiger charge is 2.26. The second-order valence-electron chi connectivity index (χ2n) is 8.07. The van der Waals surface area contributed by atoms with Crippen molar-refractivity contribution in [3.63, 3.8) is 0 Å². The number of aromatic nitrogens is 2. The van der Waals surface area contributed by atoms with Gasteiger partial charge in [-0.3, -0.25) is 0 Å². The third-order valence-corrected chi connectivity index (χ3v) is 6.28. The van der Waals surface area contributed by atoms with Crippen molar-refractivity contribution >= 4 is 10.9 Å². The first-order chi connectivity index (χ1) is 15.2. The molecule has 0 N–H and O–H groups in total. The number of rotatable bonds is 3. The van der Waals surface area contributed by atoms with E-state index in [9.17, 15) is 8.78 Å². The first kappa shape index (κ1) is 18.1. The lowest BCUT2D eigenvalue weighted by Crippen LogP contribution is -2.14.